The van der Waals surface area contributed by atoms with Crippen LogP contribution in [-0.2, 0) is 47.7 Å². The van der Waals surface area contributed by atoms with Crippen LogP contribution in [0.2, 0.25) is 0 Å². The molecule has 0 heterocycles. The summed E-state index contributed by atoms with van der Waals surface area (Å²) in [4.78, 5) is 45.9. The number of methoxy groups -OCH3 is 6. The molecule has 22 heteroatoms. The minimum atomic E-state index is -0.899. The van der Waals surface area contributed by atoms with Gasteiger partial charge < -0.3 is 88.5 Å². The summed E-state index contributed by atoms with van der Waals surface area (Å²) in [5, 5.41) is 33.0. The van der Waals surface area contributed by atoms with Gasteiger partial charge in [0, 0.05) is 117 Å². The number of nitrogens with zero attached hydrogens (tertiary/aromatic N) is 2. The zero-order valence-corrected chi connectivity index (χ0v) is 103. The number of hydrogen-bond donors (Lipinski definition) is 2. The van der Waals surface area contributed by atoms with Crippen LogP contribution in [0.3, 0.4) is 0 Å². The summed E-state index contributed by atoms with van der Waals surface area (Å²) in [6.45, 7) is 89.2. The number of ether oxygens (including phenoxy) is 6. The third-order valence-corrected chi connectivity index (χ3v) is 10.5. The van der Waals surface area contributed by atoms with E-state index >= 15 is 0 Å². The monoisotopic (exact) mass is 2670 g/mol. The molecule has 0 saturated carbocycles. The van der Waals surface area contributed by atoms with Crippen molar-refractivity contribution in [3.05, 3.63) is 329 Å². The van der Waals surface area contributed by atoms with Gasteiger partial charge in [0.1, 0.15) is 11.5 Å². The fourth-order valence-corrected chi connectivity index (χ4v) is 3.03. The molecule has 126 heavy (non-hydrogen) atoms. The number of carbonyl (C=O) groups is 2. The Labute approximate surface area is 873 Å². The second-order valence-corrected chi connectivity index (χ2v) is 30.6. The normalized spacial score (nSPS) is 8.33. The number of hydrogen-bond acceptors (Lipinski definition) is 14. The minimum Gasteiger partial charge on any atom is -0.695 e. The molecule has 2 N–H and O–H groups in total. The summed E-state index contributed by atoms with van der Waals surface area (Å²) in [5.74, 6) is -1.14. The third kappa shape index (κ3) is 393. The van der Waals surface area contributed by atoms with Crippen LogP contribution in [0.4, 0.5) is 0 Å². The maximum atomic E-state index is 9.60. The van der Waals surface area contributed by atoms with Gasteiger partial charge in [-0.15, -0.1) is 20.2 Å². The molecule has 0 spiro atoms. The quantitative estimate of drug-likeness (QED) is 0.0360. The van der Waals surface area contributed by atoms with Crippen LogP contribution >= 0.6 is 0 Å². The standard InChI is InChI=1S/6C6H6.4C6H14.2C5H12.2C4H7NO4.C4H8O2.C4H6O2.2C3H5O.2C2H6O.4C2H5.4U/c6*1-2-4-6-5-3-1;4*1-5-6(2,3)4;2*1-5(2,3)4;2*1-4(8-2)3-9-5(6)7;2*1-2-3-4(5)6;2*1-3-4-2;2*1-3-2;4*1-2;;;;/h6*1-6H;4*5H2,1-4H3;2*1-4H3;2*1,3H2,2H3;2-3H2,1H3,(H,5,6);2-3H,1H3,(H,5,6);2*1H2,2H3;2*1-2H3;4*1H2,2H3;;;;/q;;;;;;;;;;;;;;;;2*-1;;;4*-1;;;2*+2/b;;;;;;;;;;;;;;;3-2+;;;;;;;;;;;;. The summed E-state index contributed by atoms with van der Waals surface area (Å²) in [6, 6.07) is 72.0. The number of aliphatic carboxylic acids is 2. The average Bonchev–Trinajstić information content (AvgIpc) is 1.04. The molecule has 0 bridgehead atoms. The van der Waals surface area contributed by atoms with E-state index in [1.165, 1.54) is 60.2 Å². The molecule has 0 aromatic heterocycles. The number of benzene rings is 6. The van der Waals surface area contributed by atoms with Crippen molar-refractivity contribution in [1.29, 1.82) is 0 Å². The van der Waals surface area contributed by atoms with Crippen molar-refractivity contribution in [3.63, 3.8) is 0 Å². The van der Waals surface area contributed by atoms with Crippen LogP contribution in [0.25, 0.3) is 0 Å². The SMILES string of the molecule is C/C=C/C(=O)O.C=C(CO[N+](=O)[O-])OC.C=C(CO[N+](=O)[O-])OC.C=[C-]OC.C=[C-]OC.CC(C)(C)C.CC(C)(C)C.CCC(C)(C)C.CCC(C)(C)C.CCC(C)(C)C.CCC(C)(C)C.CCCC(=O)O.COC.COC.[CH2-]C.[CH2-]C.[CH2-]C.[CH2-]C.[U+2].[U+2].[U].[U].c1ccccc1.c1ccccc1.c1ccccc1.c1ccccc1.c1ccccc1.c1ccccc1. The largest absolute Gasteiger partial charge is 2.00 e. The predicted octanol–water partition coefficient (Wildman–Crippen LogP) is 31.3. The molecule has 0 atom stereocenters. The van der Waals surface area contributed by atoms with Gasteiger partial charge in [-0.25, -0.2) is 18.0 Å². The number of carboxylic acid groups (broad SMARTS) is 2. The third-order valence-electron chi connectivity index (χ3n) is 10.5. The minimum absolute atomic E-state index is 0. The molecule has 6 aromatic rings. The summed E-state index contributed by atoms with van der Waals surface area (Å²) in [7, 11) is 12.2. The molecule has 0 amide bonds. The average molecular weight is 2670 g/mol. The Hall–Kier alpha value is -5.31. The summed E-state index contributed by atoms with van der Waals surface area (Å²) >= 11 is 0. The van der Waals surface area contributed by atoms with Crippen molar-refractivity contribution >= 4 is 11.9 Å². The Morgan fingerprint density at radius 1 is 0.357 bits per heavy atom. The van der Waals surface area contributed by atoms with Gasteiger partial charge in [-0.05, 0) is 45.8 Å². The number of rotatable bonds is 13. The van der Waals surface area contributed by atoms with Gasteiger partial charge in [-0.3, -0.25) is 4.79 Å². The van der Waals surface area contributed by atoms with Gasteiger partial charge in [-0.2, -0.15) is 27.7 Å². The first-order valence-corrected chi connectivity index (χ1v) is 40.6. The molecule has 0 saturated heterocycles. The maximum Gasteiger partial charge on any atom is 2.00 e. The molecular formula is C104H186N2O16U4-2. The van der Waals surface area contributed by atoms with Gasteiger partial charge in [0.2, 0.25) is 0 Å². The van der Waals surface area contributed by atoms with E-state index in [1.807, 2.05) is 225 Å². The summed E-state index contributed by atoms with van der Waals surface area (Å²) in [6.07, 6.45) is 13.0. The van der Waals surface area contributed by atoms with Crippen molar-refractivity contribution in [2.75, 3.05) is 70.1 Å². The fourth-order valence-electron chi connectivity index (χ4n) is 3.03. The van der Waals surface area contributed by atoms with E-state index in [1.54, 1.807) is 63.1 Å². The Kier molecular flexibility index (Phi) is 217. The van der Waals surface area contributed by atoms with Crippen LogP contribution in [-0.4, -0.2) is 102 Å². The number of allylic oxidation sites excluding steroid dienone is 1. The fraction of sp³-hybridized carbons (Fsp3) is 0.500. The van der Waals surface area contributed by atoms with Gasteiger partial charge in [-0.1, -0.05) is 436 Å². The van der Waals surface area contributed by atoms with Crippen molar-refractivity contribution in [2.45, 2.75) is 246 Å². The Balaban J connectivity index is -0.0000000451. The molecule has 0 radical (unpaired) electrons. The van der Waals surface area contributed by atoms with Crippen molar-refractivity contribution in [3.8, 4) is 0 Å². The zero-order chi connectivity index (χ0) is 100. The predicted molar refractivity (Wildman–Crippen MR) is 533 cm³/mol. The van der Waals surface area contributed by atoms with Gasteiger partial charge in [0.15, 0.2) is 13.2 Å². The molecule has 0 unspecified atom stereocenters. The van der Waals surface area contributed by atoms with E-state index in [0.717, 1.165) is 12.5 Å². The summed E-state index contributed by atoms with van der Waals surface area (Å²) < 4.78 is 25.8. The summed E-state index contributed by atoms with van der Waals surface area (Å²) in [5.41, 5.74) is 3.17. The molecule has 6 rings (SSSR count). The van der Waals surface area contributed by atoms with Crippen molar-refractivity contribution < 1.29 is 193 Å². The molecule has 6 aromatic carbocycles. The first kappa shape index (κ1) is 178. The van der Waals surface area contributed by atoms with Crippen LogP contribution < -0.4 is 0 Å². The van der Waals surface area contributed by atoms with Crippen molar-refractivity contribution in [1.82, 2.24) is 0 Å². The molecular weight excluding hydrogens is 2490 g/mol. The van der Waals surface area contributed by atoms with Crippen LogP contribution in [0.1, 0.15) is 246 Å². The Bertz CT molecular complexity index is 2270. The van der Waals surface area contributed by atoms with Crippen LogP contribution in [0.15, 0.2) is 268 Å². The Morgan fingerprint density at radius 3 is 0.500 bits per heavy atom. The molecule has 18 nitrogen and oxygen atoms in total. The van der Waals surface area contributed by atoms with Crippen LogP contribution in [0.5, 0.6) is 0 Å². The van der Waals surface area contributed by atoms with E-state index in [-0.39, 0.29) is 149 Å². The maximum absolute atomic E-state index is 9.60. The van der Waals surface area contributed by atoms with E-state index in [2.05, 4.69) is 271 Å². The van der Waals surface area contributed by atoms with Crippen LogP contribution in [0, 0.1) is 217 Å². The van der Waals surface area contributed by atoms with E-state index in [0.29, 0.717) is 38.9 Å². The first-order chi connectivity index (χ1) is 56.8. The van der Waals surface area contributed by atoms with Gasteiger partial charge in [0.25, 0.3) is 10.2 Å². The number of carboxylic acids is 2. The molecule has 0 aliphatic rings. The topological polar surface area (TPSA) is 235 Å². The molecule has 726 valence electrons. The molecule has 0 aliphatic heterocycles. The zero-order valence-electron chi connectivity index (χ0n) is 86.8. The van der Waals surface area contributed by atoms with E-state index < -0.39 is 22.1 Å². The van der Waals surface area contributed by atoms with Gasteiger partial charge >= 0.3 is 74.2 Å². The van der Waals surface area contributed by atoms with E-state index in [4.69, 9.17) is 10.2 Å². The first-order valence-electron chi connectivity index (χ1n) is 40.6. The smallest absolute Gasteiger partial charge is 0.695 e. The molecule has 0 aliphatic carbocycles. The van der Waals surface area contributed by atoms with Gasteiger partial charge in [0.05, 0.1) is 14.2 Å². The van der Waals surface area contributed by atoms with E-state index in [9.17, 15) is 29.8 Å². The van der Waals surface area contributed by atoms with Crippen molar-refractivity contribution in [2.24, 2.45) is 32.5 Å². The second kappa shape index (κ2) is 154. The molecule has 0 fully saturated rings. The second-order valence-electron chi connectivity index (χ2n) is 30.6. The Morgan fingerprint density at radius 2 is 0.468 bits per heavy atom.